The molecule has 0 spiro atoms. The SMILES string of the molecule is CC(C)C(C)N(C)c1ccc(C(F)(F)F)cc1C(=N)N. The molecule has 0 aliphatic rings. The van der Waals surface area contributed by atoms with Crippen LogP contribution < -0.4 is 10.6 Å². The number of amidine groups is 1. The van der Waals surface area contributed by atoms with Crippen LogP contribution in [0.4, 0.5) is 18.9 Å². The third-order valence-corrected chi connectivity index (χ3v) is 3.57. The number of nitrogens with zero attached hydrogens (tertiary/aromatic N) is 1. The van der Waals surface area contributed by atoms with Crippen molar-refractivity contribution in [3.63, 3.8) is 0 Å². The highest BCUT2D eigenvalue weighted by Crippen LogP contribution is 2.33. The average molecular weight is 287 g/mol. The third kappa shape index (κ3) is 3.43. The Labute approximate surface area is 117 Å². The smallest absolute Gasteiger partial charge is 0.384 e. The zero-order valence-electron chi connectivity index (χ0n) is 12.0. The second-order valence-electron chi connectivity index (χ2n) is 5.24. The minimum absolute atomic E-state index is 0.106. The van der Waals surface area contributed by atoms with E-state index in [0.29, 0.717) is 11.6 Å². The first-order valence-electron chi connectivity index (χ1n) is 6.34. The van der Waals surface area contributed by atoms with E-state index in [1.165, 1.54) is 6.07 Å². The molecule has 6 heteroatoms. The van der Waals surface area contributed by atoms with Crippen LogP contribution in [0.3, 0.4) is 0 Å². The minimum atomic E-state index is -4.44. The van der Waals surface area contributed by atoms with Gasteiger partial charge in [0.2, 0.25) is 0 Å². The number of hydrogen-bond donors (Lipinski definition) is 2. The lowest BCUT2D eigenvalue weighted by Gasteiger charge is -2.31. The van der Waals surface area contributed by atoms with E-state index in [4.69, 9.17) is 11.1 Å². The van der Waals surface area contributed by atoms with Gasteiger partial charge in [-0.1, -0.05) is 13.8 Å². The minimum Gasteiger partial charge on any atom is -0.384 e. The Morgan fingerprint density at radius 1 is 1.25 bits per heavy atom. The highest BCUT2D eigenvalue weighted by molar-refractivity contribution is 6.00. The lowest BCUT2D eigenvalue weighted by atomic mass is 10.0. The maximum atomic E-state index is 12.7. The summed E-state index contributed by atoms with van der Waals surface area (Å²) >= 11 is 0. The van der Waals surface area contributed by atoms with Crippen LogP contribution in [-0.4, -0.2) is 18.9 Å². The number of benzene rings is 1. The predicted molar refractivity (Wildman–Crippen MR) is 75.2 cm³/mol. The Hall–Kier alpha value is -1.72. The molecule has 20 heavy (non-hydrogen) atoms. The first-order valence-corrected chi connectivity index (χ1v) is 6.34. The van der Waals surface area contributed by atoms with Crippen molar-refractivity contribution in [1.29, 1.82) is 5.41 Å². The summed E-state index contributed by atoms with van der Waals surface area (Å²) in [5.74, 6) is -0.0454. The molecule has 1 atom stereocenters. The van der Waals surface area contributed by atoms with Crippen LogP contribution in [0.2, 0.25) is 0 Å². The van der Waals surface area contributed by atoms with Crippen molar-refractivity contribution in [1.82, 2.24) is 0 Å². The molecule has 0 aromatic heterocycles. The standard InChI is InChI=1S/C14H20F3N3/c1-8(2)9(3)20(4)12-6-5-10(14(15,16)17)7-11(12)13(18)19/h5-9H,1-4H3,(H3,18,19). The highest BCUT2D eigenvalue weighted by atomic mass is 19.4. The quantitative estimate of drug-likeness (QED) is 0.658. The fourth-order valence-corrected chi connectivity index (χ4v) is 1.90. The zero-order valence-corrected chi connectivity index (χ0v) is 12.0. The molecule has 1 aromatic rings. The van der Waals surface area contributed by atoms with Gasteiger partial charge in [-0.15, -0.1) is 0 Å². The molecule has 3 N–H and O–H groups in total. The van der Waals surface area contributed by atoms with Gasteiger partial charge in [-0.2, -0.15) is 13.2 Å². The van der Waals surface area contributed by atoms with Gasteiger partial charge in [0, 0.05) is 24.3 Å². The van der Waals surface area contributed by atoms with Gasteiger partial charge in [-0.3, -0.25) is 5.41 Å². The molecule has 0 fully saturated rings. The summed E-state index contributed by atoms with van der Waals surface area (Å²) in [4.78, 5) is 1.85. The second kappa shape index (κ2) is 5.73. The lowest BCUT2D eigenvalue weighted by molar-refractivity contribution is -0.137. The number of nitrogens with one attached hydrogen (secondary N) is 1. The van der Waals surface area contributed by atoms with E-state index in [9.17, 15) is 13.2 Å². The summed E-state index contributed by atoms with van der Waals surface area (Å²) < 4.78 is 38.2. The van der Waals surface area contributed by atoms with Crippen LogP contribution in [0.1, 0.15) is 31.9 Å². The van der Waals surface area contributed by atoms with Crippen LogP contribution in [0.15, 0.2) is 18.2 Å². The van der Waals surface area contributed by atoms with Gasteiger partial charge >= 0.3 is 6.18 Å². The van der Waals surface area contributed by atoms with E-state index >= 15 is 0 Å². The molecular formula is C14H20F3N3. The van der Waals surface area contributed by atoms with E-state index in [1.54, 1.807) is 7.05 Å². The number of anilines is 1. The van der Waals surface area contributed by atoms with Crippen molar-refractivity contribution in [3.8, 4) is 0 Å². The largest absolute Gasteiger partial charge is 0.416 e. The third-order valence-electron chi connectivity index (χ3n) is 3.57. The van der Waals surface area contributed by atoms with E-state index in [2.05, 4.69) is 0 Å². The van der Waals surface area contributed by atoms with Gasteiger partial charge in [0.1, 0.15) is 5.84 Å². The Bertz CT molecular complexity index is 495. The summed E-state index contributed by atoms with van der Waals surface area (Å²) in [6.07, 6.45) is -4.44. The Kier molecular flexibility index (Phi) is 4.68. The number of nitrogen functional groups attached to an aromatic ring is 1. The molecular weight excluding hydrogens is 267 g/mol. The van der Waals surface area contributed by atoms with Crippen molar-refractivity contribution in [2.45, 2.75) is 33.0 Å². The van der Waals surface area contributed by atoms with Crippen LogP contribution in [0, 0.1) is 11.3 Å². The van der Waals surface area contributed by atoms with Crippen molar-refractivity contribution in [2.75, 3.05) is 11.9 Å². The van der Waals surface area contributed by atoms with Crippen LogP contribution in [-0.2, 0) is 6.18 Å². The molecule has 0 aliphatic heterocycles. The molecule has 0 bridgehead atoms. The number of alkyl halides is 3. The number of rotatable bonds is 4. The summed E-state index contributed by atoms with van der Waals surface area (Å²) in [7, 11) is 1.79. The predicted octanol–water partition coefficient (Wildman–Crippen LogP) is 3.47. The average Bonchev–Trinajstić information content (AvgIpc) is 2.34. The molecule has 112 valence electrons. The first-order chi connectivity index (χ1) is 9.05. The van der Waals surface area contributed by atoms with Gasteiger partial charge in [-0.05, 0) is 31.0 Å². The molecule has 1 rings (SSSR count). The van der Waals surface area contributed by atoms with Gasteiger partial charge in [0.05, 0.1) is 5.56 Å². The molecule has 0 heterocycles. The van der Waals surface area contributed by atoms with Crippen molar-refractivity contribution in [3.05, 3.63) is 29.3 Å². The van der Waals surface area contributed by atoms with E-state index in [1.807, 2.05) is 25.7 Å². The van der Waals surface area contributed by atoms with Crippen LogP contribution in [0.5, 0.6) is 0 Å². The summed E-state index contributed by atoms with van der Waals surface area (Å²) in [6.45, 7) is 6.03. The maximum absolute atomic E-state index is 12.7. The number of halogens is 3. The first kappa shape index (κ1) is 16.3. The monoisotopic (exact) mass is 287 g/mol. The van der Waals surface area contributed by atoms with E-state index in [-0.39, 0.29) is 17.4 Å². The second-order valence-corrected chi connectivity index (χ2v) is 5.24. The molecule has 0 saturated carbocycles. The fourth-order valence-electron chi connectivity index (χ4n) is 1.90. The molecule has 3 nitrogen and oxygen atoms in total. The molecule has 1 aromatic carbocycles. The highest BCUT2D eigenvalue weighted by Gasteiger charge is 2.32. The summed E-state index contributed by atoms with van der Waals surface area (Å²) in [5.41, 5.74) is 5.28. The molecule has 0 amide bonds. The molecule has 0 radical (unpaired) electrons. The summed E-state index contributed by atoms with van der Waals surface area (Å²) in [6, 6.07) is 3.44. The molecule has 0 aliphatic carbocycles. The summed E-state index contributed by atoms with van der Waals surface area (Å²) in [5, 5.41) is 7.50. The number of hydrogen-bond acceptors (Lipinski definition) is 2. The Morgan fingerprint density at radius 3 is 2.20 bits per heavy atom. The van der Waals surface area contributed by atoms with Crippen LogP contribution >= 0.6 is 0 Å². The van der Waals surface area contributed by atoms with Crippen molar-refractivity contribution < 1.29 is 13.2 Å². The number of nitrogens with two attached hydrogens (primary N) is 1. The lowest BCUT2D eigenvalue weighted by Crippen LogP contribution is -2.34. The maximum Gasteiger partial charge on any atom is 0.416 e. The normalized spacial score (nSPS) is 13.4. The van der Waals surface area contributed by atoms with Crippen molar-refractivity contribution >= 4 is 11.5 Å². The van der Waals surface area contributed by atoms with Gasteiger partial charge in [-0.25, -0.2) is 0 Å². The van der Waals surface area contributed by atoms with E-state index in [0.717, 1.165) is 12.1 Å². The molecule has 0 saturated heterocycles. The molecule has 1 unspecified atom stereocenters. The fraction of sp³-hybridized carbons (Fsp3) is 0.500. The van der Waals surface area contributed by atoms with Crippen molar-refractivity contribution in [2.24, 2.45) is 11.7 Å². The van der Waals surface area contributed by atoms with Gasteiger partial charge < -0.3 is 10.6 Å². The Morgan fingerprint density at radius 2 is 1.80 bits per heavy atom. The van der Waals surface area contributed by atoms with Gasteiger partial charge in [0.15, 0.2) is 0 Å². The Balaban J connectivity index is 3.31. The van der Waals surface area contributed by atoms with Gasteiger partial charge in [0.25, 0.3) is 0 Å². The van der Waals surface area contributed by atoms with E-state index < -0.39 is 11.7 Å². The topological polar surface area (TPSA) is 53.1 Å². The zero-order chi connectivity index (χ0) is 15.7. The van der Waals surface area contributed by atoms with Crippen LogP contribution in [0.25, 0.3) is 0 Å².